The van der Waals surface area contributed by atoms with E-state index in [1.807, 2.05) is 0 Å². The second-order valence-corrected chi connectivity index (χ2v) is 10.5. The van der Waals surface area contributed by atoms with E-state index >= 15 is 0 Å². The van der Waals surface area contributed by atoms with Crippen molar-refractivity contribution >= 4 is 33.4 Å². The Bertz CT molecular complexity index is 1260. The lowest BCUT2D eigenvalue weighted by Crippen LogP contribution is -2.51. The maximum atomic E-state index is 13.4. The first-order valence-corrected chi connectivity index (χ1v) is 12.9. The third-order valence-corrected chi connectivity index (χ3v) is 7.90. The zero-order chi connectivity index (χ0) is 25.6. The maximum absolute atomic E-state index is 13.4. The largest absolute Gasteiger partial charge is 0.341 e. The molecule has 1 fully saturated rings. The number of aromatic nitrogens is 1. The van der Waals surface area contributed by atoms with E-state index in [4.69, 9.17) is 22.9 Å². The molecule has 11 nitrogen and oxygen atoms in total. The van der Waals surface area contributed by atoms with Gasteiger partial charge in [0.25, 0.3) is 0 Å². The van der Waals surface area contributed by atoms with Crippen LogP contribution in [0.1, 0.15) is 37.4 Å². The number of nitriles is 1. The van der Waals surface area contributed by atoms with Gasteiger partial charge in [0.2, 0.25) is 15.9 Å². The molecule has 0 radical (unpaired) electrons. The molecule has 2 heterocycles. The van der Waals surface area contributed by atoms with Crippen molar-refractivity contribution in [3.05, 3.63) is 52.8 Å². The number of likely N-dealkylation sites (tertiary alicyclic amines) is 1. The van der Waals surface area contributed by atoms with Gasteiger partial charge in [-0.3, -0.25) is 10.2 Å². The predicted molar refractivity (Wildman–Crippen MR) is 130 cm³/mol. The Kier molecular flexibility index (Phi) is 8.61. The Morgan fingerprint density at radius 3 is 2.71 bits per heavy atom. The number of hydrogen-bond donors (Lipinski definition) is 3. The van der Waals surface area contributed by atoms with Crippen molar-refractivity contribution in [2.45, 2.75) is 43.7 Å². The predicted octanol–water partition coefficient (Wildman–Crippen LogP) is 2.66. The molecule has 0 saturated carbocycles. The van der Waals surface area contributed by atoms with Crippen molar-refractivity contribution < 1.29 is 13.2 Å². The molecule has 1 aromatic carbocycles. The van der Waals surface area contributed by atoms with Crippen LogP contribution in [0.25, 0.3) is 0 Å². The van der Waals surface area contributed by atoms with Gasteiger partial charge in [-0.05, 0) is 55.5 Å². The fourth-order valence-corrected chi connectivity index (χ4v) is 5.66. The molecule has 3 rings (SSSR count). The van der Waals surface area contributed by atoms with Crippen molar-refractivity contribution in [1.29, 1.82) is 10.7 Å². The molecule has 2 aromatic rings. The Hall–Kier alpha value is -3.27. The molecule has 1 amide bonds. The highest BCUT2D eigenvalue weighted by Crippen LogP contribution is 2.24. The summed E-state index contributed by atoms with van der Waals surface area (Å²) in [7, 11) is -4.20. The fourth-order valence-electron chi connectivity index (χ4n) is 3.89. The number of hydrogen-bond acceptors (Lipinski definition) is 6. The minimum absolute atomic E-state index is 0.137. The molecule has 1 saturated heterocycles. The second-order valence-electron chi connectivity index (χ2n) is 8.38. The zero-order valence-corrected chi connectivity index (χ0v) is 20.8. The van der Waals surface area contributed by atoms with E-state index in [1.165, 1.54) is 18.2 Å². The van der Waals surface area contributed by atoms with E-state index in [0.717, 1.165) is 12.8 Å². The van der Waals surface area contributed by atoms with Crippen LogP contribution in [0.2, 0.25) is 5.02 Å². The highest BCUT2D eigenvalue weighted by atomic mass is 35.5. The average Bonchev–Trinajstić information content (AvgIpc) is 3.29. The fraction of sp³-hybridized carbons (Fsp3) is 0.409. The molecule has 1 unspecified atom stereocenters. The number of amidine groups is 1. The molecule has 1 aromatic heterocycles. The molecule has 1 atom stereocenters. The Labute approximate surface area is 209 Å². The third kappa shape index (κ3) is 6.45. The molecule has 186 valence electrons. The quantitative estimate of drug-likeness (QED) is 0.160. The van der Waals surface area contributed by atoms with Crippen LogP contribution < -0.4 is 10.6 Å². The Morgan fingerprint density at radius 2 is 2.09 bits per heavy atom. The van der Waals surface area contributed by atoms with Crippen LogP contribution >= 0.6 is 11.6 Å². The summed E-state index contributed by atoms with van der Waals surface area (Å²) in [5.41, 5.74) is 0.649. The summed E-state index contributed by atoms with van der Waals surface area (Å²) in [4.78, 5) is 14.8. The van der Waals surface area contributed by atoms with Gasteiger partial charge in [0.05, 0.1) is 5.02 Å². The number of amides is 1. The van der Waals surface area contributed by atoms with E-state index in [9.17, 15) is 18.5 Å². The number of rotatable bonds is 8. The molecule has 0 bridgehead atoms. The molecule has 13 heteroatoms. The lowest BCUT2D eigenvalue weighted by atomic mass is 9.98. The van der Waals surface area contributed by atoms with E-state index in [0.29, 0.717) is 24.7 Å². The van der Waals surface area contributed by atoms with Crippen LogP contribution in [0.15, 0.2) is 51.8 Å². The van der Waals surface area contributed by atoms with Gasteiger partial charge in [-0.2, -0.15) is 9.98 Å². The summed E-state index contributed by atoms with van der Waals surface area (Å²) >= 11 is 6.23. The van der Waals surface area contributed by atoms with Crippen LogP contribution in [0, 0.1) is 22.7 Å². The standard InChI is InChI=1S/C22H27ClN8O3S/c1-15-6-10-31(11-7-15)22(32)19(8-12-30-9-2-3-17(30)14-24)28-35(33,34)20-5-4-16(13-18(20)23)21(25)27-29-26/h2-5,9,13,15,19,28H,6-8,10-12H2,1H3,(H3,25,26,27). The van der Waals surface area contributed by atoms with E-state index in [1.54, 1.807) is 27.8 Å². The van der Waals surface area contributed by atoms with Crippen LogP contribution in [0.3, 0.4) is 0 Å². The number of nitrogens with two attached hydrogens (primary N) is 1. The van der Waals surface area contributed by atoms with Crippen LogP contribution in [-0.2, 0) is 21.4 Å². The highest BCUT2D eigenvalue weighted by Gasteiger charge is 2.32. The minimum Gasteiger partial charge on any atom is -0.341 e. The van der Waals surface area contributed by atoms with E-state index in [2.05, 4.69) is 28.1 Å². The average molecular weight is 519 g/mol. The molecule has 1 aliphatic heterocycles. The normalized spacial score (nSPS) is 15.7. The number of benzene rings is 1. The summed E-state index contributed by atoms with van der Waals surface area (Å²) < 4.78 is 30.7. The lowest BCUT2D eigenvalue weighted by Gasteiger charge is -2.33. The lowest BCUT2D eigenvalue weighted by molar-refractivity contribution is -0.134. The molecule has 1 aliphatic rings. The molecular weight excluding hydrogens is 492 g/mol. The summed E-state index contributed by atoms with van der Waals surface area (Å²) in [6.07, 6.45) is 3.55. The first kappa shape index (κ1) is 26.3. The van der Waals surface area contributed by atoms with Gasteiger partial charge in [0, 0.05) is 31.4 Å². The first-order chi connectivity index (χ1) is 16.7. The summed E-state index contributed by atoms with van der Waals surface area (Å²) in [5, 5.41) is 23.3. The number of aryl methyl sites for hydroxylation is 1. The van der Waals surface area contributed by atoms with Crippen molar-refractivity contribution in [2.75, 3.05) is 13.1 Å². The molecule has 0 spiro atoms. The smallest absolute Gasteiger partial charge is 0.242 e. The summed E-state index contributed by atoms with van der Waals surface area (Å²) in [6.45, 7) is 3.50. The number of nitrogens with zero attached hydrogens (tertiary/aromatic N) is 5. The summed E-state index contributed by atoms with van der Waals surface area (Å²) in [5.74, 6) is 4.87. The number of carbonyl (C=O) groups is 1. The molecular formula is C22H27ClN8O3S. The Morgan fingerprint density at radius 1 is 1.37 bits per heavy atom. The van der Waals surface area contributed by atoms with Crippen LogP contribution in [0.4, 0.5) is 0 Å². The SMILES string of the molecule is CC1CCN(C(=O)C(CCn2cccc2C#N)NS(=O)(=O)c2ccc(C(=N)N=NN)cc2Cl)CC1. The molecule has 4 N–H and O–H groups in total. The first-order valence-electron chi connectivity index (χ1n) is 11.0. The second kappa shape index (κ2) is 11.4. The van der Waals surface area contributed by atoms with Crippen molar-refractivity contribution in [3.63, 3.8) is 0 Å². The van der Waals surface area contributed by atoms with Crippen molar-refractivity contribution in [1.82, 2.24) is 14.2 Å². The third-order valence-electron chi connectivity index (χ3n) is 5.95. The zero-order valence-electron chi connectivity index (χ0n) is 19.2. The topological polar surface area (TPSA) is 170 Å². The number of piperidine rings is 1. The Balaban J connectivity index is 1.85. The van der Waals surface area contributed by atoms with Crippen LogP contribution in [0.5, 0.6) is 0 Å². The molecule has 0 aliphatic carbocycles. The minimum atomic E-state index is -4.20. The van der Waals surface area contributed by atoms with E-state index < -0.39 is 16.1 Å². The number of sulfonamides is 1. The van der Waals surface area contributed by atoms with Gasteiger partial charge in [-0.25, -0.2) is 8.42 Å². The van der Waals surface area contributed by atoms with Gasteiger partial charge in [0.15, 0.2) is 5.84 Å². The number of carbonyl (C=O) groups excluding carboxylic acids is 1. The van der Waals surface area contributed by atoms with Gasteiger partial charge in [-0.1, -0.05) is 23.7 Å². The highest BCUT2D eigenvalue weighted by molar-refractivity contribution is 7.89. The van der Waals surface area contributed by atoms with Gasteiger partial charge in [-0.15, -0.1) is 5.11 Å². The van der Waals surface area contributed by atoms with Crippen molar-refractivity contribution in [2.24, 2.45) is 22.1 Å². The maximum Gasteiger partial charge on any atom is 0.242 e. The number of halogens is 1. The van der Waals surface area contributed by atoms with Gasteiger partial charge in [0.1, 0.15) is 22.7 Å². The molecule has 35 heavy (non-hydrogen) atoms. The van der Waals surface area contributed by atoms with E-state index in [-0.39, 0.29) is 40.2 Å². The van der Waals surface area contributed by atoms with Crippen molar-refractivity contribution in [3.8, 4) is 6.07 Å². The summed E-state index contributed by atoms with van der Waals surface area (Å²) in [6, 6.07) is 8.26. The monoisotopic (exact) mass is 518 g/mol. The van der Waals surface area contributed by atoms with Gasteiger partial charge < -0.3 is 15.3 Å². The van der Waals surface area contributed by atoms with Gasteiger partial charge >= 0.3 is 0 Å². The van der Waals surface area contributed by atoms with Crippen LogP contribution in [-0.4, -0.2) is 48.8 Å². The number of nitrogens with one attached hydrogen (secondary N) is 2.